The topological polar surface area (TPSA) is 6.48 Å². The van der Waals surface area contributed by atoms with E-state index in [-0.39, 0.29) is 0 Å². The zero-order chi connectivity index (χ0) is 23.1. The Hall–Kier alpha value is -4.30. The summed E-state index contributed by atoms with van der Waals surface area (Å²) in [5, 5.41) is 0. The smallest absolute Gasteiger partial charge is 0.0540 e. The molecule has 0 amide bonds. The second kappa shape index (κ2) is 8.24. The van der Waals surface area contributed by atoms with E-state index in [1.807, 2.05) is 6.07 Å². The van der Waals surface area contributed by atoms with Crippen LogP contribution >= 0.6 is 0 Å². The number of fused-ring (bicyclic) bond motifs is 3. The summed E-state index contributed by atoms with van der Waals surface area (Å²) in [7, 11) is 2.11. The van der Waals surface area contributed by atoms with Gasteiger partial charge in [0, 0.05) is 35.9 Å². The summed E-state index contributed by atoms with van der Waals surface area (Å²) in [5.41, 5.74) is 12.1. The maximum atomic E-state index is 4.57. The predicted molar refractivity (Wildman–Crippen MR) is 145 cm³/mol. The van der Waals surface area contributed by atoms with E-state index in [9.17, 15) is 0 Å². The maximum Gasteiger partial charge on any atom is 0.0540 e. The van der Waals surface area contributed by atoms with Gasteiger partial charge in [-0.15, -0.1) is 0 Å². The molecule has 1 aliphatic heterocycles. The molecule has 0 atom stereocenters. The molecule has 164 valence electrons. The van der Waals surface area contributed by atoms with Gasteiger partial charge in [-0.1, -0.05) is 73.3 Å². The van der Waals surface area contributed by atoms with Crippen molar-refractivity contribution in [1.29, 1.82) is 0 Å². The highest BCUT2D eigenvalue weighted by Gasteiger charge is 2.25. The number of para-hydroxylation sites is 1. The lowest BCUT2D eigenvalue weighted by Gasteiger charge is -2.28. The normalized spacial score (nSPS) is 16.4. The van der Waals surface area contributed by atoms with Crippen molar-refractivity contribution in [2.45, 2.75) is 6.42 Å². The first-order chi connectivity index (χ1) is 16.7. The van der Waals surface area contributed by atoms with E-state index >= 15 is 0 Å². The average molecular weight is 439 g/mol. The highest BCUT2D eigenvalue weighted by molar-refractivity contribution is 5.98. The van der Waals surface area contributed by atoms with Crippen LogP contribution in [0.5, 0.6) is 0 Å². The van der Waals surface area contributed by atoms with Gasteiger partial charge in [0.1, 0.15) is 0 Å². The van der Waals surface area contributed by atoms with Gasteiger partial charge < -0.3 is 9.80 Å². The molecule has 2 aliphatic rings. The fourth-order valence-corrected chi connectivity index (χ4v) is 5.05. The van der Waals surface area contributed by atoms with E-state index in [2.05, 4.69) is 133 Å². The lowest BCUT2D eigenvalue weighted by atomic mass is 9.91. The first-order valence-electron chi connectivity index (χ1n) is 11.7. The molecule has 1 heterocycles. The van der Waals surface area contributed by atoms with Crippen LogP contribution < -0.4 is 9.80 Å². The molecular weight excluding hydrogens is 412 g/mol. The summed E-state index contributed by atoms with van der Waals surface area (Å²) in [6.45, 7) is 4.57. The van der Waals surface area contributed by atoms with Crippen molar-refractivity contribution >= 4 is 28.3 Å². The van der Waals surface area contributed by atoms with Crippen molar-refractivity contribution in [2.75, 3.05) is 16.8 Å². The van der Waals surface area contributed by atoms with E-state index in [4.69, 9.17) is 0 Å². The monoisotopic (exact) mass is 438 g/mol. The molecule has 0 aromatic heterocycles. The van der Waals surface area contributed by atoms with Crippen LogP contribution in [-0.4, -0.2) is 7.05 Å². The molecule has 6 rings (SSSR count). The Balaban J connectivity index is 1.52. The third-order valence-electron chi connectivity index (χ3n) is 6.85. The lowest BCUT2D eigenvalue weighted by Crippen LogP contribution is -2.14. The molecule has 0 unspecified atom stereocenters. The Morgan fingerprint density at radius 1 is 0.765 bits per heavy atom. The number of benzene rings is 4. The Labute approximate surface area is 201 Å². The van der Waals surface area contributed by atoms with Crippen molar-refractivity contribution in [3.63, 3.8) is 0 Å². The summed E-state index contributed by atoms with van der Waals surface area (Å²) in [5.74, 6) is 0. The Kier molecular flexibility index (Phi) is 4.92. The van der Waals surface area contributed by atoms with Crippen LogP contribution in [-0.2, 0) is 6.42 Å². The molecule has 0 saturated heterocycles. The number of allylic oxidation sites excluding steroid dienone is 4. The molecule has 0 radical (unpaired) electrons. The van der Waals surface area contributed by atoms with Crippen LogP contribution in [0.1, 0.15) is 11.1 Å². The predicted octanol–water partition coefficient (Wildman–Crippen LogP) is 8.28. The van der Waals surface area contributed by atoms with Crippen LogP contribution in [0.3, 0.4) is 0 Å². The van der Waals surface area contributed by atoms with Crippen LogP contribution in [0.25, 0.3) is 16.7 Å². The van der Waals surface area contributed by atoms with Gasteiger partial charge in [0.25, 0.3) is 0 Å². The van der Waals surface area contributed by atoms with E-state index in [1.165, 1.54) is 27.8 Å². The molecule has 0 saturated carbocycles. The maximum absolute atomic E-state index is 4.57. The fourth-order valence-electron chi connectivity index (χ4n) is 5.05. The van der Waals surface area contributed by atoms with Gasteiger partial charge >= 0.3 is 0 Å². The summed E-state index contributed by atoms with van der Waals surface area (Å²) in [6.07, 6.45) is 7.44. The molecule has 0 N–H and O–H groups in total. The number of hydrogen-bond acceptors (Lipinski definition) is 2. The standard InChI is InChI=1S/C32H26N2/c1-23-24-12-10-20-34(28-16-8-15-27(22-28)33(2)26-13-4-3-5-14-26)31-19-9-18-30(32(23)31)29-17-7-6-11-25(29)21-24/h3-20,22H,1,21H2,2H3/b20-10-,24-12-. The minimum Gasteiger partial charge on any atom is -0.345 e. The molecule has 2 nitrogen and oxygen atoms in total. The molecule has 4 aromatic rings. The highest BCUT2D eigenvalue weighted by Crippen LogP contribution is 2.46. The Bertz CT molecular complexity index is 1460. The van der Waals surface area contributed by atoms with E-state index in [0.717, 1.165) is 34.7 Å². The second-order valence-electron chi connectivity index (χ2n) is 8.83. The van der Waals surface area contributed by atoms with Crippen molar-refractivity contribution in [1.82, 2.24) is 0 Å². The van der Waals surface area contributed by atoms with Gasteiger partial charge in [-0.05, 0) is 76.7 Å². The summed E-state index contributed by atoms with van der Waals surface area (Å²) in [6, 6.07) is 34.5. The van der Waals surface area contributed by atoms with Crippen LogP contribution in [0.4, 0.5) is 22.7 Å². The van der Waals surface area contributed by atoms with E-state index in [1.54, 1.807) is 0 Å². The van der Waals surface area contributed by atoms with Gasteiger partial charge in [-0.3, -0.25) is 0 Å². The zero-order valence-electron chi connectivity index (χ0n) is 19.3. The first-order valence-corrected chi connectivity index (χ1v) is 11.7. The second-order valence-corrected chi connectivity index (χ2v) is 8.83. The molecule has 34 heavy (non-hydrogen) atoms. The Morgan fingerprint density at radius 3 is 2.38 bits per heavy atom. The largest absolute Gasteiger partial charge is 0.345 e. The molecule has 1 aliphatic carbocycles. The van der Waals surface area contributed by atoms with Gasteiger partial charge in [-0.2, -0.15) is 0 Å². The SMILES string of the molecule is C=C1/C2=C\C=C/N(c3cccc(N(C)c4ccccc4)c3)c3cccc(c31)-c1ccccc1C2. The number of rotatable bonds is 3. The highest BCUT2D eigenvalue weighted by atomic mass is 15.1. The quantitative estimate of drug-likeness (QED) is 0.317. The minimum absolute atomic E-state index is 0.894. The summed E-state index contributed by atoms with van der Waals surface area (Å²) < 4.78 is 0. The third-order valence-corrected chi connectivity index (χ3v) is 6.85. The van der Waals surface area contributed by atoms with Gasteiger partial charge in [-0.25, -0.2) is 0 Å². The number of hydrogen-bond donors (Lipinski definition) is 0. The lowest BCUT2D eigenvalue weighted by molar-refractivity contribution is 1.19. The molecule has 2 bridgehead atoms. The van der Waals surface area contributed by atoms with Crippen molar-refractivity contribution in [3.8, 4) is 11.1 Å². The molecule has 0 fully saturated rings. The van der Waals surface area contributed by atoms with Crippen LogP contribution in [0.2, 0.25) is 0 Å². The average Bonchev–Trinajstić information content (AvgIpc) is 3.01. The van der Waals surface area contributed by atoms with Gasteiger partial charge in [0.15, 0.2) is 0 Å². The van der Waals surface area contributed by atoms with Crippen molar-refractivity contribution < 1.29 is 0 Å². The summed E-state index contributed by atoms with van der Waals surface area (Å²) >= 11 is 0. The van der Waals surface area contributed by atoms with Gasteiger partial charge in [0.2, 0.25) is 0 Å². The van der Waals surface area contributed by atoms with Crippen LogP contribution in [0, 0.1) is 0 Å². The zero-order valence-corrected chi connectivity index (χ0v) is 19.3. The molecule has 2 heteroatoms. The van der Waals surface area contributed by atoms with E-state index in [0.29, 0.717) is 0 Å². The fraction of sp³-hybridized carbons (Fsp3) is 0.0625. The van der Waals surface area contributed by atoms with Crippen molar-refractivity contribution in [3.05, 3.63) is 139 Å². The molecule has 4 aromatic carbocycles. The number of nitrogens with zero attached hydrogens (tertiary/aromatic N) is 2. The van der Waals surface area contributed by atoms with Crippen molar-refractivity contribution in [2.24, 2.45) is 0 Å². The summed E-state index contributed by atoms with van der Waals surface area (Å²) in [4.78, 5) is 4.50. The first kappa shape index (κ1) is 20.3. The number of anilines is 4. The third kappa shape index (κ3) is 3.36. The van der Waals surface area contributed by atoms with Crippen LogP contribution in [0.15, 0.2) is 128 Å². The van der Waals surface area contributed by atoms with E-state index < -0.39 is 0 Å². The molecular formula is C32H26N2. The van der Waals surface area contributed by atoms with Gasteiger partial charge in [0.05, 0.1) is 5.69 Å². The minimum atomic E-state index is 0.894. The molecule has 0 spiro atoms. The Morgan fingerprint density at radius 2 is 1.50 bits per heavy atom.